The summed E-state index contributed by atoms with van der Waals surface area (Å²) in [5, 5.41) is 0. The van der Waals surface area contributed by atoms with E-state index in [4.69, 9.17) is 7.85 Å². The molecule has 0 aromatic carbocycles. The third-order valence-electron chi connectivity index (χ3n) is 1.18. The van der Waals surface area contributed by atoms with Crippen LogP contribution in [0.3, 0.4) is 0 Å². The zero-order chi connectivity index (χ0) is 6.53. The van der Waals surface area contributed by atoms with Gasteiger partial charge in [0.2, 0.25) is 0 Å². The van der Waals surface area contributed by atoms with Crippen LogP contribution in [0.5, 0.6) is 0 Å². The van der Waals surface area contributed by atoms with Crippen molar-refractivity contribution >= 4 is 7.85 Å². The third kappa shape index (κ3) is 1.88. The topological polar surface area (TPSA) is 12.9 Å². The lowest BCUT2D eigenvalue weighted by atomic mass is 9.98. The molecular formula is C7H8BN. The Morgan fingerprint density at radius 2 is 2.00 bits per heavy atom. The van der Waals surface area contributed by atoms with Crippen molar-refractivity contribution in [3.8, 4) is 0 Å². The van der Waals surface area contributed by atoms with Gasteiger partial charge >= 0.3 is 0 Å². The minimum Gasteiger partial charge on any atom is -0.265 e. The summed E-state index contributed by atoms with van der Waals surface area (Å²) in [5.74, 6) is 0. The van der Waals surface area contributed by atoms with Gasteiger partial charge in [0.25, 0.3) is 0 Å². The van der Waals surface area contributed by atoms with Crippen LogP contribution in [-0.4, -0.2) is 12.8 Å². The molecule has 9 heavy (non-hydrogen) atoms. The molecule has 0 aliphatic carbocycles. The molecule has 0 aliphatic rings. The smallest absolute Gasteiger partial charge is 0.0657 e. The Labute approximate surface area is 56.5 Å². The van der Waals surface area contributed by atoms with Gasteiger partial charge in [-0.3, -0.25) is 4.98 Å². The number of hydrogen-bond acceptors (Lipinski definition) is 1. The molecule has 0 atom stereocenters. The predicted octanol–water partition coefficient (Wildman–Crippen LogP) is 1.21. The zero-order valence-electron chi connectivity index (χ0n) is 5.25. The van der Waals surface area contributed by atoms with E-state index in [0.29, 0.717) is 6.32 Å². The van der Waals surface area contributed by atoms with E-state index in [2.05, 4.69) is 4.98 Å². The molecule has 0 spiro atoms. The van der Waals surface area contributed by atoms with Gasteiger partial charge in [0.05, 0.1) is 7.85 Å². The van der Waals surface area contributed by atoms with E-state index < -0.39 is 0 Å². The van der Waals surface area contributed by atoms with Crippen molar-refractivity contribution < 1.29 is 0 Å². The second kappa shape index (κ2) is 3.28. The van der Waals surface area contributed by atoms with E-state index in [1.165, 1.54) is 5.56 Å². The Bertz CT molecular complexity index is 162. The van der Waals surface area contributed by atoms with E-state index >= 15 is 0 Å². The predicted molar refractivity (Wildman–Crippen MR) is 38.5 cm³/mol. The molecule has 0 N–H and O–H groups in total. The first-order chi connectivity index (χ1) is 4.43. The number of hydrogen-bond donors (Lipinski definition) is 0. The second-order valence-electron chi connectivity index (χ2n) is 1.89. The van der Waals surface area contributed by atoms with E-state index in [1.54, 1.807) is 12.4 Å². The molecule has 2 heteroatoms. The van der Waals surface area contributed by atoms with Gasteiger partial charge in [0, 0.05) is 12.4 Å². The molecular weight excluding hydrogens is 109 g/mol. The molecule has 0 bridgehead atoms. The Morgan fingerprint density at radius 1 is 1.33 bits per heavy atom. The highest BCUT2D eigenvalue weighted by molar-refractivity contribution is 6.08. The van der Waals surface area contributed by atoms with Gasteiger partial charge in [-0.25, -0.2) is 0 Å². The normalized spacial score (nSPS) is 9.33. The zero-order valence-corrected chi connectivity index (χ0v) is 5.25. The lowest BCUT2D eigenvalue weighted by Crippen LogP contribution is -1.82. The van der Waals surface area contributed by atoms with E-state index in [9.17, 15) is 0 Å². The minimum atomic E-state index is 0.712. The Morgan fingerprint density at radius 3 is 2.56 bits per heavy atom. The average Bonchev–Trinajstić information content (AvgIpc) is 1.91. The molecule has 1 rings (SSSR count). The van der Waals surface area contributed by atoms with Crippen molar-refractivity contribution in [1.29, 1.82) is 0 Å². The molecule has 0 unspecified atom stereocenters. The lowest BCUT2D eigenvalue weighted by Gasteiger charge is -1.93. The van der Waals surface area contributed by atoms with Gasteiger partial charge in [-0.2, -0.15) is 0 Å². The number of aryl methyl sites for hydroxylation is 1. The van der Waals surface area contributed by atoms with Gasteiger partial charge in [0.1, 0.15) is 0 Å². The minimum absolute atomic E-state index is 0.712. The summed E-state index contributed by atoms with van der Waals surface area (Å²) in [4.78, 5) is 3.89. The highest BCUT2D eigenvalue weighted by atomic mass is 14.6. The standard InChI is InChI=1S/C7H8BN/c8-4-1-7-2-5-9-6-3-7/h2-3,5-6H,1,4H2. The molecule has 0 fully saturated rings. The highest BCUT2D eigenvalue weighted by Crippen LogP contribution is 1.98. The molecule has 2 radical (unpaired) electrons. The van der Waals surface area contributed by atoms with Crippen LogP contribution in [0.2, 0.25) is 6.32 Å². The van der Waals surface area contributed by atoms with Gasteiger partial charge in [-0.1, -0.05) is 6.32 Å². The van der Waals surface area contributed by atoms with Gasteiger partial charge in [-0.05, 0) is 24.1 Å². The van der Waals surface area contributed by atoms with E-state index in [0.717, 1.165) is 6.42 Å². The first kappa shape index (κ1) is 6.34. The molecule has 0 saturated heterocycles. The summed E-state index contributed by atoms with van der Waals surface area (Å²) in [6.45, 7) is 0. The summed E-state index contributed by atoms with van der Waals surface area (Å²) in [6.07, 6.45) is 5.22. The van der Waals surface area contributed by atoms with Crippen molar-refractivity contribution in [2.75, 3.05) is 0 Å². The Balaban J connectivity index is 2.61. The molecule has 0 saturated carbocycles. The Hall–Kier alpha value is -0.785. The van der Waals surface area contributed by atoms with Crippen LogP contribution in [-0.2, 0) is 6.42 Å². The van der Waals surface area contributed by atoms with Gasteiger partial charge in [-0.15, -0.1) is 0 Å². The monoisotopic (exact) mass is 117 g/mol. The summed E-state index contributed by atoms with van der Waals surface area (Å²) in [6, 6.07) is 3.96. The number of nitrogens with zero attached hydrogens (tertiary/aromatic N) is 1. The maximum absolute atomic E-state index is 5.34. The molecule has 1 nitrogen and oxygen atoms in total. The summed E-state index contributed by atoms with van der Waals surface area (Å²) >= 11 is 0. The van der Waals surface area contributed by atoms with Gasteiger partial charge in [0.15, 0.2) is 0 Å². The van der Waals surface area contributed by atoms with Crippen molar-refractivity contribution in [3.05, 3.63) is 30.1 Å². The van der Waals surface area contributed by atoms with Crippen LogP contribution < -0.4 is 0 Å². The van der Waals surface area contributed by atoms with E-state index in [1.807, 2.05) is 12.1 Å². The third-order valence-corrected chi connectivity index (χ3v) is 1.18. The molecule has 1 aromatic rings. The fraction of sp³-hybridized carbons (Fsp3) is 0.286. The number of aromatic nitrogens is 1. The number of rotatable bonds is 2. The Kier molecular flexibility index (Phi) is 2.31. The van der Waals surface area contributed by atoms with Crippen molar-refractivity contribution in [2.24, 2.45) is 0 Å². The largest absolute Gasteiger partial charge is 0.265 e. The summed E-state index contributed by atoms with van der Waals surface area (Å²) < 4.78 is 0. The second-order valence-corrected chi connectivity index (χ2v) is 1.89. The summed E-state index contributed by atoms with van der Waals surface area (Å²) in [5.41, 5.74) is 1.26. The summed E-state index contributed by atoms with van der Waals surface area (Å²) in [7, 11) is 5.34. The fourth-order valence-electron chi connectivity index (χ4n) is 0.716. The quantitative estimate of drug-likeness (QED) is 0.530. The van der Waals surface area contributed by atoms with Crippen LogP contribution in [0.4, 0.5) is 0 Å². The number of pyridine rings is 1. The van der Waals surface area contributed by atoms with E-state index in [-0.39, 0.29) is 0 Å². The lowest BCUT2D eigenvalue weighted by molar-refractivity contribution is 1.11. The van der Waals surface area contributed by atoms with Crippen LogP contribution in [0.1, 0.15) is 5.56 Å². The molecule has 1 aromatic heterocycles. The van der Waals surface area contributed by atoms with Crippen LogP contribution in [0, 0.1) is 0 Å². The van der Waals surface area contributed by atoms with Gasteiger partial charge < -0.3 is 0 Å². The highest BCUT2D eigenvalue weighted by Gasteiger charge is 1.85. The van der Waals surface area contributed by atoms with Crippen LogP contribution in [0.15, 0.2) is 24.5 Å². The van der Waals surface area contributed by atoms with Crippen LogP contribution >= 0.6 is 0 Å². The first-order valence-corrected chi connectivity index (χ1v) is 3.02. The average molecular weight is 117 g/mol. The van der Waals surface area contributed by atoms with Crippen molar-refractivity contribution in [1.82, 2.24) is 4.98 Å². The van der Waals surface area contributed by atoms with Crippen molar-refractivity contribution in [3.63, 3.8) is 0 Å². The van der Waals surface area contributed by atoms with Crippen molar-refractivity contribution in [2.45, 2.75) is 12.7 Å². The maximum atomic E-state index is 5.34. The molecule has 0 aliphatic heterocycles. The SMILES string of the molecule is [B]CCc1ccncc1. The molecule has 44 valence electrons. The molecule has 0 amide bonds. The fourth-order valence-corrected chi connectivity index (χ4v) is 0.716. The molecule has 1 heterocycles. The maximum Gasteiger partial charge on any atom is 0.0657 e. The van der Waals surface area contributed by atoms with Crippen LogP contribution in [0.25, 0.3) is 0 Å². The first-order valence-electron chi connectivity index (χ1n) is 3.02.